The molecule has 0 aromatic heterocycles. The summed E-state index contributed by atoms with van der Waals surface area (Å²) in [6.07, 6.45) is -0.0729. The number of carbonyl (C=O) groups excluding carboxylic acids is 1. The predicted octanol–water partition coefficient (Wildman–Crippen LogP) is 0.342. The second-order valence-corrected chi connectivity index (χ2v) is 6.81. The molecular formula is C12H19N3O3S. The van der Waals surface area contributed by atoms with Crippen LogP contribution in [0.5, 0.6) is 0 Å². The summed E-state index contributed by atoms with van der Waals surface area (Å²) in [6, 6.07) is 6.74. The molecule has 0 saturated carbocycles. The Balaban J connectivity index is 2.83. The Hall–Kier alpha value is -1.60. The van der Waals surface area contributed by atoms with E-state index in [1.807, 2.05) is 0 Å². The zero-order chi connectivity index (χ0) is 14.7. The molecule has 106 valence electrons. The van der Waals surface area contributed by atoms with Gasteiger partial charge in [0.1, 0.15) is 0 Å². The molecule has 0 radical (unpaired) electrons. The van der Waals surface area contributed by atoms with Crippen LogP contribution in [-0.2, 0) is 20.6 Å². The van der Waals surface area contributed by atoms with Crippen LogP contribution in [0.2, 0.25) is 0 Å². The van der Waals surface area contributed by atoms with E-state index in [0.29, 0.717) is 11.3 Å². The van der Waals surface area contributed by atoms with Crippen LogP contribution < -0.4 is 16.2 Å². The van der Waals surface area contributed by atoms with E-state index < -0.39 is 21.5 Å². The summed E-state index contributed by atoms with van der Waals surface area (Å²) in [6.45, 7) is 3.20. The fourth-order valence-electron chi connectivity index (χ4n) is 1.80. The monoisotopic (exact) mass is 285 g/mol. The highest BCUT2D eigenvalue weighted by Crippen LogP contribution is 2.16. The summed E-state index contributed by atoms with van der Waals surface area (Å²) >= 11 is 0. The van der Waals surface area contributed by atoms with E-state index >= 15 is 0 Å². The molecule has 0 unspecified atom stereocenters. The lowest BCUT2D eigenvalue weighted by atomic mass is 10.0. The van der Waals surface area contributed by atoms with Crippen LogP contribution in [-0.4, -0.2) is 19.9 Å². The number of nitrogens with two attached hydrogens (primary N) is 2. The molecule has 6 nitrogen and oxygen atoms in total. The van der Waals surface area contributed by atoms with Gasteiger partial charge in [0, 0.05) is 17.6 Å². The standard InChI is InChI=1S/C12H19N3O3S/c1-12(2,7-11(14)16)15-19(17,18)8-9-5-3-4-6-10(9)13/h3-6,15H,7-8,13H2,1-2H3,(H2,14,16). The number of amides is 1. The summed E-state index contributed by atoms with van der Waals surface area (Å²) in [4.78, 5) is 10.9. The van der Waals surface area contributed by atoms with Crippen molar-refractivity contribution in [2.45, 2.75) is 31.6 Å². The van der Waals surface area contributed by atoms with E-state index in [4.69, 9.17) is 11.5 Å². The van der Waals surface area contributed by atoms with Crippen molar-refractivity contribution in [1.82, 2.24) is 4.72 Å². The molecule has 1 aromatic rings. The molecular weight excluding hydrogens is 266 g/mol. The van der Waals surface area contributed by atoms with Crippen LogP contribution in [0.1, 0.15) is 25.8 Å². The van der Waals surface area contributed by atoms with Gasteiger partial charge in [-0.25, -0.2) is 13.1 Å². The lowest BCUT2D eigenvalue weighted by Gasteiger charge is -2.24. The SMILES string of the molecule is CC(C)(CC(N)=O)NS(=O)(=O)Cc1ccccc1N. The van der Waals surface area contributed by atoms with Crippen molar-refractivity contribution in [1.29, 1.82) is 0 Å². The third-order valence-corrected chi connectivity index (χ3v) is 4.00. The number of hydrogen-bond acceptors (Lipinski definition) is 4. The van der Waals surface area contributed by atoms with Crippen LogP contribution in [0.25, 0.3) is 0 Å². The van der Waals surface area contributed by atoms with Gasteiger partial charge >= 0.3 is 0 Å². The van der Waals surface area contributed by atoms with Crippen LogP contribution in [0.15, 0.2) is 24.3 Å². The van der Waals surface area contributed by atoms with Crippen molar-refractivity contribution in [3.8, 4) is 0 Å². The molecule has 1 rings (SSSR count). The van der Waals surface area contributed by atoms with E-state index in [-0.39, 0.29) is 12.2 Å². The van der Waals surface area contributed by atoms with Gasteiger partial charge in [-0.2, -0.15) is 0 Å². The summed E-state index contributed by atoms with van der Waals surface area (Å²) in [5, 5.41) is 0. The molecule has 0 spiro atoms. The first-order valence-corrected chi connectivity index (χ1v) is 7.40. The van der Waals surface area contributed by atoms with Crippen LogP contribution >= 0.6 is 0 Å². The zero-order valence-electron chi connectivity index (χ0n) is 11.0. The minimum atomic E-state index is -3.60. The quantitative estimate of drug-likeness (QED) is 0.654. The highest BCUT2D eigenvalue weighted by atomic mass is 32.2. The smallest absolute Gasteiger partial charge is 0.219 e. The van der Waals surface area contributed by atoms with Crippen molar-refractivity contribution in [2.75, 3.05) is 5.73 Å². The maximum atomic E-state index is 12.0. The van der Waals surface area contributed by atoms with Gasteiger partial charge < -0.3 is 11.5 Å². The Morgan fingerprint density at radius 1 is 1.32 bits per heavy atom. The first kappa shape index (κ1) is 15.5. The molecule has 1 aromatic carbocycles. The summed E-state index contributed by atoms with van der Waals surface area (Å²) in [7, 11) is -3.60. The maximum Gasteiger partial charge on any atom is 0.219 e. The molecule has 0 aliphatic rings. The minimum Gasteiger partial charge on any atom is -0.398 e. The van der Waals surface area contributed by atoms with Gasteiger partial charge in [-0.1, -0.05) is 18.2 Å². The van der Waals surface area contributed by atoms with Crippen LogP contribution in [0.4, 0.5) is 5.69 Å². The van der Waals surface area contributed by atoms with Crippen molar-refractivity contribution < 1.29 is 13.2 Å². The average molecular weight is 285 g/mol. The number of rotatable bonds is 6. The third kappa shape index (κ3) is 5.27. The molecule has 19 heavy (non-hydrogen) atoms. The number of primary amides is 1. The molecule has 5 N–H and O–H groups in total. The van der Waals surface area contributed by atoms with Crippen molar-refractivity contribution >= 4 is 21.6 Å². The number of hydrogen-bond donors (Lipinski definition) is 3. The van der Waals surface area contributed by atoms with Crippen LogP contribution in [0.3, 0.4) is 0 Å². The second kappa shape index (κ2) is 5.58. The number of carbonyl (C=O) groups is 1. The van der Waals surface area contributed by atoms with Gasteiger partial charge in [-0.15, -0.1) is 0 Å². The predicted molar refractivity (Wildman–Crippen MR) is 74.5 cm³/mol. The van der Waals surface area contributed by atoms with E-state index in [1.54, 1.807) is 38.1 Å². The van der Waals surface area contributed by atoms with Gasteiger partial charge in [0.05, 0.1) is 5.75 Å². The molecule has 1 amide bonds. The fraction of sp³-hybridized carbons (Fsp3) is 0.417. The Kier molecular flexibility index (Phi) is 4.54. The third-order valence-electron chi connectivity index (χ3n) is 2.45. The first-order chi connectivity index (χ1) is 8.61. The van der Waals surface area contributed by atoms with Crippen molar-refractivity contribution in [2.24, 2.45) is 5.73 Å². The number of anilines is 1. The minimum absolute atomic E-state index is 0.0729. The lowest BCUT2D eigenvalue weighted by Crippen LogP contribution is -2.46. The number of para-hydroxylation sites is 1. The van der Waals surface area contributed by atoms with Gasteiger partial charge in [0.15, 0.2) is 0 Å². The average Bonchev–Trinajstić information content (AvgIpc) is 2.16. The van der Waals surface area contributed by atoms with E-state index in [1.165, 1.54) is 0 Å². The number of nitrogens with one attached hydrogen (secondary N) is 1. The zero-order valence-corrected chi connectivity index (χ0v) is 11.8. The van der Waals surface area contributed by atoms with Crippen LogP contribution in [0, 0.1) is 0 Å². The second-order valence-electron chi connectivity index (χ2n) is 5.09. The number of benzene rings is 1. The van der Waals surface area contributed by atoms with Gasteiger partial charge in [-0.3, -0.25) is 4.79 Å². The Labute approximate surface area is 113 Å². The molecule has 0 fully saturated rings. The molecule has 0 aliphatic heterocycles. The summed E-state index contributed by atoms with van der Waals surface area (Å²) in [5.74, 6) is -0.797. The molecule has 0 bridgehead atoms. The summed E-state index contributed by atoms with van der Waals surface area (Å²) in [5.41, 5.74) is 10.8. The molecule has 7 heteroatoms. The molecule has 0 saturated heterocycles. The van der Waals surface area contributed by atoms with Gasteiger partial charge in [0.2, 0.25) is 15.9 Å². The van der Waals surface area contributed by atoms with Gasteiger partial charge in [0.25, 0.3) is 0 Å². The highest BCUT2D eigenvalue weighted by Gasteiger charge is 2.27. The van der Waals surface area contributed by atoms with E-state index in [0.717, 1.165) is 0 Å². The topological polar surface area (TPSA) is 115 Å². The Morgan fingerprint density at radius 3 is 2.42 bits per heavy atom. The molecule has 0 aliphatic carbocycles. The Morgan fingerprint density at radius 2 is 1.89 bits per heavy atom. The molecule has 0 atom stereocenters. The summed E-state index contributed by atoms with van der Waals surface area (Å²) < 4.78 is 26.5. The number of sulfonamides is 1. The van der Waals surface area contributed by atoms with Gasteiger partial charge in [-0.05, 0) is 25.5 Å². The molecule has 0 heterocycles. The van der Waals surface area contributed by atoms with Crippen molar-refractivity contribution in [3.63, 3.8) is 0 Å². The Bertz CT molecular complexity index is 567. The van der Waals surface area contributed by atoms with Crippen molar-refractivity contribution in [3.05, 3.63) is 29.8 Å². The first-order valence-electron chi connectivity index (χ1n) is 5.75. The van der Waals surface area contributed by atoms with E-state index in [9.17, 15) is 13.2 Å². The normalized spacial score (nSPS) is 12.3. The highest BCUT2D eigenvalue weighted by molar-refractivity contribution is 7.88. The van der Waals surface area contributed by atoms with E-state index in [2.05, 4.69) is 4.72 Å². The largest absolute Gasteiger partial charge is 0.398 e. The number of nitrogen functional groups attached to an aromatic ring is 1. The lowest BCUT2D eigenvalue weighted by molar-refractivity contribution is -0.119. The fourth-order valence-corrected chi connectivity index (χ4v) is 3.46. The maximum absolute atomic E-state index is 12.0.